The van der Waals surface area contributed by atoms with E-state index < -0.39 is 15.9 Å². The van der Waals surface area contributed by atoms with Gasteiger partial charge in [-0.05, 0) is 24.3 Å². The fourth-order valence-electron chi connectivity index (χ4n) is 2.22. The molecule has 3 rings (SSSR count). The smallest absolute Gasteiger partial charge is 0.265 e. The molecular weight excluding hydrogens is 332 g/mol. The number of carbonyl (C=O) groups excluding carboxylic acids is 1. The normalized spacial score (nSPS) is 13.3. The first kappa shape index (κ1) is 16.0. The number of methoxy groups -OCH3 is 1. The third kappa shape index (κ3) is 3.09. The number of ether oxygens (including phenoxy) is 2. The first-order chi connectivity index (χ1) is 11.5. The van der Waals surface area contributed by atoms with Gasteiger partial charge < -0.3 is 9.47 Å². The molecule has 0 aliphatic carbocycles. The Labute approximate surface area is 139 Å². The number of benzene rings is 1. The van der Waals surface area contributed by atoms with Crippen molar-refractivity contribution in [2.24, 2.45) is 0 Å². The third-order valence-corrected chi connectivity index (χ3v) is 4.71. The van der Waals surface area contributed by atoms with Crippen LogP contribution in [0, 0.1) is 0 Å². The van der Waals surface area contributed by atoms with Crippen LogP contribution in [0.3, 0.4) is 0 Å². The summed E-state index contributed by atoms with van der Waals surface area (Å²) in [6, 6.07) is 8.08. The molecule has 0 unspecified atom stereocenters. The van der Waals surface area contributed by atoms with Crippen LogP contribution < -0.4 is 14.2 Å². The van der Waals surface area contributed by atoms with Crippen molar-refractivity contribution >= 4 is 22.0 Å². The summed E-state index contributed by atoms with van der Waals surface area (Å²) in [7, 11) is -2.46. The molecule has 0 fully saturated rings. The Hall–Kier alpha value is -2.87. The molecule has 124 valence electrons. The highest BCUT2D eigenvalue weighted by Gasteiger charge is 2.24. The Bertz CT molecular complexity index is 907. The van der Waals surface area contributed by atoms with E-state index in [1.54, 1.807) is 24.3 Å². The van der Waals surface area contributed by atoms with Gasteiger partial charge in [-0.25, -0.2) is 13.1 Å². The molecule has 24 heavy (non-hydrogen) atoms. The second kappa shape index (κ2) is 6.32. The number of para-hydroxylation sites is 1. The molecule has 0 bridgehead atoms. The van der Waals surface area contributed by atoms with Crippen LogP contribution in [0.4, 0.5) is 0 Å². The number of amides is 1. The minimum atomic E-state index is -3.98. The van der Waals surface area contributed by atoms with Crippen LogP contribution in [-0.2, 0) is 14.8 Å². The van der Waals surface area contributed by atoms with Crippen molar-refractivity contribution < 1.29 is 22.7 Å². The molecule has 1 amide bonds. The van der Waals surface area contributed by atoms with Crippen molar-refractivity contribution in [1.82, 2.24) is 9.71 Å². The van der Waals surface area contributed by atoms with Crippen LogP contribution in [0.1, 0.15) is 5.56 Å². The molecule has 0 radical (unpaired) electrons. The summed E-state index contributed by atoms with van der Waals surface area (Å²) >= 11 is 0. The van der Waals surface area contributed by atoms with Crippen LogP contribution in [0.25, 0.3) is 6.08 Å². The number of hydrogen-bond acceptors (Lipinski definition) is 6. The first-order valence-electron chi connectivity index (χ1n) is 6.99. The Morgan fingerprint density at radius 2 is 2.12 bits per heavy atom. The van der Waals surface area contributed by atoms with Gasteiger partial charge in [-0.3, -0.25) is 9.78 Å². The van der Waals surface area contributed by atoms with Gasteiger partial charge >= 0.3 is 0 Å². The van der Waals surface area contributed by atoms with Gasteiger partial charge in [-0.2, -0.15) is 0 Å². The maximum atomic E-state index is 12.3. The van der Waals surface area contributed by atoms with E-state index in [2.05, 4.69) is 4.98 Å². The average Bonchev–Trinajstić information content (AvgIpc) is 2.61. The molecule has 1 aliphatic heterocycles. The second-order valence-corrected chi connectivity index (χ2v) is 6.64. The van der Waals surface area contributed by atoms with Gasteiger partial charge in [-0.15, -0.1) is 0 Å². The summed E-state index contributed by atoms with van der Waals surface area (Å²) in [4.78, 5) is 15.9. The molecule has 0 atom stereocenters. The molecule has 0 saturated heterocycles. The first-order valence-corrected chi connectivity index (χ1v) is 8.47. The molecule has 1 aliphatic rings. The number of aromatic nitrogens is 1. The summed E-state index contributed by atoms with van der Waals surface area (Å²) in [6.07, 6.45) is 4.19. The molecule has 0 saturated carbocycles. The van der Waals surface area contributed by atoms with Gasteiger partial charge in [-0.1, -0.05) is 12.1 Å². The minimum absolute atomic E-state index is 0.0538. The van der Waals surface area contributed by atoms with E-state index in [1.807, 2.05) is 4.72 Å². The summed E-state index contributed by atoms with van der Waals surface area (Å²) in [5.74, 6) is 0.324. The molecule has 0 spiro atoms. The van der Waals surface area contributed by atoms with E-state index in [1.165, 1.54) is 31.6 Å². The fourth-order valence-corrected chi connectivity index (χ4v) is 3.17. The Morgan fingerprint density at radius 1 is 1.29 bits per heavy atom. The van der Waals surface area contributed by atoms with Gasteiger partial charge in [0, 0.05) is 18.0 Å². The molecule has 1 N–H and O–H groups in total. The number of pyridine rings is 1. The SMILES string of the molecule is COc1cccc2c1OCC(C(=O)NS(=O)(=O)c1cccnc1)=C2. The summed E-state index contributed by atoms with van der Waals surface area (Å²) < 4.78 is 37.1. The molecule has 1 aromatic carbocycles. The standard InChI is InChI=1S/C16H14N2O5S/c1-22-14-6-2-4-11-8-12(10-23-15(11)14)16(19)18-24(20,21)13-5-3-7-17-9-13/h2-9H,10H2,1H3,(H,18,19). The van der Waals surface area contributed by atoms with Crippen molar-refractivity contribution in [2.75, 3.05) is 13.7 Å². The van der Waals surface area contributed by atoms with Crippen LogP contribution in [0.2, 0.25) is 0 Å². The number of nitrogens with zero attached hydrogens (tertiary/aromatic N) is 1. The van der Waals surface area contributed by atoms with Crippen molar-refractivity contribution in [1.29, 1.82) is 0 Å². The molecule has 8 heteroatoms. The third-order valence-electron chi connectivity index (χ3n) is 3.39. The molecule has 7 nitrogen and oxygen atoms in total. The summed E-state index contributed by atoms with van der Waals surface area (Å²) in [5, 5.41) is 0. The van der Waals surface area contributed by atoms with Crippen LogP contribution >= 0.6 is 0 Å². The van der Waals surface area contributed by atoms with E-state index in [-0.39, 0.29) is 17.1 Å². The van der Waals surface area contributed by atoms with Gasteiger partial charge in [0.1, 0.15) is 11.5 Å². The van der Waals surface area contributed by atoms with Crippen LogP contribution in [-0.4, -0.2) is 33.0 Å². The monoisotopic (exact) mass is 346 g/mol. The number of carbonyl (C=O) groups is 1. The van der Waals surface area contributed by atoms with Gasteiger partial charge in [0.25, 0.3) is 15.9 Å². The zero-order valence-electron chi connectivity index (χ0n) is 12.7. The van der Waals surface area contributed by atoms with Gasteiger partial charge in [0.15, 0.2) is 11.5 Å². The highest BCUT2D eigenvalue weighted by molar-refractivity contribution is 7.90. The van der Waals surface area contributed by atoms with E-state index in [0.717, 1.165) is 0 Å². The van der Waals surface area contributed by atoms with Gasteiger partial charge in [0.2, 0.25) is 0 Å². The van der Waals surface area contributed by atoms with E-state index in [9.17, 15) is 13.2 Å². The Kier molecular flexibility index (Phi) is 4.22. The predicted molar refractivity (Wildman–Crippen MR) is 86.0 cm³/mol. The number of rotatable bonds is 4. The Morgan fingerprint density at radius 3 is 2.83 bits per heavy atom. The van der Waals surface area contributed by atoms with Crippen molar-refractivity contribution in [2.45, 2.75) is 4.90 Å². The van der Waals surface area contributed by atoms with Crippen molar-refractivity contribution in [3.63, 3.8) is 0 Å². The lowest BCUT2D eigenvalue weighted by atomic mass is 10.1. The number of sulfonamides is 1. The lowest BCUT2D eigenvalue weighted by Crippen LogP contribution is -2.34. The quantitative estimate of drug-likeness (QED) is 0.898. The zero-order chi connectivity index (χ0) is 17.2. The number of fused-ring (bicyclic) bond motifs is 1. The molecule has 1 aromatic heterocycles. The summed E-state index contributed by atoms with van der Waals surface area (Å²) in [6.45, 7) is -0.0538. The van der Waals surface area contributed by atoms with Gasteiger partial charge in [0.05, 0.1) is 12.7 Å². The van der Waals surface area contributed by atoms with Crippen LogP contribution in [0.15, 0.2) is 53.2 Å². The molecule has 2 aromatic rings. The largest absolute Gasteiger partial charge is 0.493 e. The maximum absolute atomic E-state index is 12.3. The van der Waals surface area contributed by atoms with Crippen molar-refractivity contribution in [3.05, 3.63) is 53.9 Å². The number of hydrogen-bond donors (Lipinski definition) is 1. The number of nitrogens with one attached hydrogen (secondary N) is 1. The van der Waals surface area contributed by atoms with E-state index in [0.29, 0.717) is 17.1 Å². The topological polar surface area (TPSA) is 94.6 Å². The second-order valence-electron chi connectivity index (χ2n) is 4.96. The Balaban J connectivity index is 1.85. The highest BCUT2D eigenvalue weighted by Crippen LogP contribution is 2.35. The predicted octanol–water partition coefficient (Wildman–Crippen LogP) is 1.37. The van der Waals surface area contributed by atoms with E-state index in [4.69, 9.17) is 9.47 Å². The maximum Gasteiger partial charge on any atom is 0.265 e. The fraction of sp³-hybridized carbons (Fsp3) is 0.125. The molecular formula is C16H14N2O5S. The van der Waals surface area contributed by atoms with Crippen LogP contribution in [0.5, 0.6) is 11.5 Å². The summed E-state index contributed by atoms with van der Waals surface area (Å²) in [5.41, 5.74) is 0.841. The average molecular weight is 346 g/mol. The lowest BCUT2D eigenvalue weighted by Gasteiger charge is -2.19. The minimum Gasteiger partial charge on any atom is -0.493 e. The zero-order valence-corrected chi connectivity index (χ0v) is 13.5. The van der Waals surface area contributed by atoms with E-state index >= 15 is 0 Å². The van der Waals surface area contributed by atoms with Crippen molar-refractivity contribution in [3.8, 4) is 11.5 Å². The highest BCUT2D eigenvalue weighted by atomic mass is 32.2. The molecule has 2 heterocycles. The lowest BCUT2D eigenvalue weighted by molar-refractivity contribution is -0.116.